The maximum absolute atomic E-state index is 5.74. The molecule has 80 valence electrons. The van der Waals surface area contributed by atoms with Crippen LogP contribution in [0.3, 0.4) is 0 Å². The monoisotopic (exact) mass is 213 g/mol. The van der Waals surface area contributed by atoms with Gasteiger partial charge in [0.05, 0.1) is 12.0 Å². The van der Waals surface area contributed by atoms with Gasteiger partial charge in [-0.3, -0.25) is 0 Å². The molecule has 0 saturated heterocycles. The molecule has 14 heavy (non-hydrogen) atoms. The molecule has 0 saturated carbocycles. The summed E-state index contributed by atoms with van der Waals surface area (Å²) in [5, 5.41) is 0.597. The summed E-state index contributed by atoms with van der Waals surface area (Å²) < 4.78 is 5.37. The average Bonchev–Trinajstić information content (AvgIpc) is 2.46. The maximum atomic E-state index is 5.74. The van der Waals surface area contributed by atoms with Gasteiger partial charge in [-0.05, 0) is 31.9 Å². The Labute approximate surface area is 90.2 Å². The molecule has 0 spiro atoms. The van der Waals surface area contributed by atoms with Crippen LogP contribution >= 0.6 is 11.8 Å². The molecule has 0 fully saturated rings. The molecular weight excluding hydrogens is 194 g/mol. The van der Waals surface area contributed by atoms with Crippen LogP contribution in [0.1, 0.15) is 31.6 Å². The Morgan fingerprint density at radius 3 is 2.71 bits per heavy atom. The highest BCUT2D eigenvalue weighted by Crippen LogP contribution is 2.22. The molecule has 0 aliphatic heterocycles. The van der Waals surface area contributed by atoms with Crippen molar-refractivity contribution in [3.63, 3.8) is 0 Å². The molecule has 2 N–H and O–H groups in total. The molecule has 3 heteroatoms. The van der Waals surface area contributed by atoms with Crippen molar-refractivity contribution < 1.29 is 4.42 Å². The van der Waals surface area contributed by atoms with Crippen molar-refractivity contribution in [3.8, 4) is 0 Å². The van der Waals surface area contributed by atoms with Gasteiger partial charge in [-0.2, -0.15) is 11.8 Å². The van der Waals surface area contributed by atoms with Gasteiger partial charge in [0.2, 0.25) is 0 Å². The van der Waals surface area contributed by atoms with Crippen molar-refractivity contribution in [1.82, 2.24) is 0 Å². The molecule has 1 heterocycles. The highest BCUT2D eigenvalue weighted by Gasteiger charge is 2.08. The number of hydrogen-bond acceptors (Lipinski definition) is 3. The third kappa shape index (κ3) is 3.76. The van der Waals surface area contributed by atoms with Gasteiger partial charge in [0.1, 0.15) is 5.76 Å². The van der Waals surface area contributed by atoms with Crippen LogP contribution in [0.2, 0.25) is 0 Å². The first-order chi connectivity index (χ1) is 6.59. The van der Waals surface area contributed by atoms with Crippen molar-refractivity contribution >= 4 is 11.8 Å². The van der Waals surface area contributed by atoms with Gasteiger partial charge >= 0.3 is 0 Å². The molecule has 1 aromatic rings. The summed E-state index contributed by atoms with van der Waals surface area (Å²) in [5.74, 6) is 2.04. The van der Waals surface area contributed by atoms with E-state index in [1.807, 2.05) is 17.8 Å². The third-order valence-corrected chi connectivity index (χ3v) is 3.36. The second-order valence-corrected chi connectivity index (χ2v) is 5.29. The summed E-state index contributed by atoms with van der Waals surface area (Å²) >= 11 is 1.90. The van der Waals surface area contributed by atoms with Crippen molar-refractivity contribution in [2.24, 2.45) is 5.73 Å². The molecule has 0 radical (unpaired) electrons. The molecule has 2 unspecified atom stereocenters. The van der Waals surface area contributed by atoms with Crippen LogP contribution in [-0.4, -0.2) is 11.3 Å². The topological polar surface area (TPSA) is 39.2 Å². The van der Waals surface area contributed by atoms with Gasteiger partial charge in [-0.15, -0.1) is 0 Å². The molecule has 0 aromatic carbocycles. The minimum atomic E-state index is 0.287. The lowest BCUT2D eigenvalue weighted by Crippen LogP contribution is -2.19. The van der Waals surface area contributed by atoms with E-state index in [0.29, 0.717) is 5.25 Å². The Morgan fingerprint density at radius 2 is 2.21 bits per heavy atom. The molecule has 2 nitrogen and oxygen atoms in total. The standard InChI is InChI=1S/C11H19NOS/c1-8-4-5-13-11(8)7-14-10(3)6-9(2)12/h4-5,9-10H,6-7,12H2,1-3H3. The second kappa shape index (κ2) is 5.47. The second-order valence-electron chi connectivity index (χ2n) is 3.86. The Morgan fingerprint density at radius 1 is 1.50 bits per heavy atom. The summed E-state index contributed by atoms with van der Waals surface area (Å²) in [6, 6.07) is 2.29. The van der Waals surface area contributed by atoms with Crippen LogP contribution in [0.4, 0.5) is 0 Å². The lowest BCUT2D eigenvalue weighted by Gasteiger charge is -2.12. The zero-order chi connectivity index (χ0) is 10.6. The molecule has 0 aliphatic rings. The fraction of sp³-hybridized carbons (Fsp3) is 0.636. The van der Waals surface area contributed by atoms with E-state index in [2.05, 4.69) is 20.8 Å². The van der Waals surface area contributed by atoms with Gasteiger partial charge in [0.25, 0.3) is 0 Å². The van der Waals surface area contributed by atoms with E-state index >= 15 is 0 Å². The van der Waals surface area contributed by atoms with E-state index in [4.69, 9.17) is 10.2 Å². The molecule has 1 rings (SSSR count). The Bertz CT molecular complexity index is 270. The Kier molecular flexibility index (Phi) is 4.55. The van der Waals surface area contributed by atoms with E-state index in [0.717, 1.165) is 17.9 Å². The summed E-state index contributed by atoms with van der Waals surface area (Å²) in [4.78, 5) is 0. The van der Waals surface area contributed by atoms with Crippen molar-refractivity contribution in [3.05, 3.63) is 23.7 Å². The van der Waals surface area contributed by atoms with Crippen LogP contribution < -0.4 is 5.73 Å². The molecule has 0 aliphatic carbocycles. The number of hydrogen-bond donors (Lipinski definition) is 1. The van der Waals surface area contributed by atoms with E-state index in [9.17, 15) is 0 Å². The number of nitrogens with two attached hydrogens (primary N) is 1. The third-order valence-electron chi connectivity index (χ3n) is 2.17. The van der Waals surface area contributed by atoms with Crippen molar-refractivity contribution in [2.75, 3.05) is 0 Å². The smallest absolute Gasteiger partial charge is 0.116 e. The predicted octanol–water partition coefficient (Wildman–Crippen LogP) is 2.95. The van der Waals surface area contributed by atoms with Gasteiger partial charge in [0, 0.05) is 11.3 Å². The van der Waals surface area contributed by atoms with Gasteiger partial charge in [-0.1, -0.05) is 6.92 Å². The molecule has 2 atom stereocenters. The lowest BCUT2D eigenvalue weighted by molar-refractivity contribution is 0.527. The molecular formula is C11H19NOS. The largest absolute Gasteiger partial charge is 0.468 e. The first kappa shape index (κ1) is 11.7. The van der Waals surface area contributed by atoms with Crippen LogP contribution in [0.5, 0.6) is 0 Å². The van der Waals surface area contributed by atoms with Gasteiger partial charge in [0.15, 0.2) is 0 Å². The highest BCUT2D eigenvalue weighted by molar-refractivity contribution is 7.99. The van der Waals surface area contributed by atoms with Crippen LogP contribution in [0.25, 0.3) is 0 Å². The van der Waals surface area contributed by atoms with Gasteiger partial charge < -0.3 is 10.2 Å². The van der Waals surface area contributed by atoms with Crippen LogP contribution in [-0.2, 0) is 5.75 Å². The predicted molar refractivity (Wildman–Crippen MR) is 62.5 cm³/mol. The zero-order valence-electron chi connectivity index (χ0n) is 9.12. The highest BCUT2D eigenvalue weighted by atomic mass is 32.2. The Balaban J connectivity index is 2.30. The fourth-order valence-corrected chi connectivity index (χ4v) is 2.53. The average molecular weight is 213 g/mol. The summed E-state index contributed by atoms with van der Waals surface area (Å²) in [5.41, 5.74) is 6.98. The maximum Gasteiger partial charge on any atom is 0.116 e. The van der Waals surface area contributed by atoms with E-state index in [1.165, 1.54) is 5.56 Å². The number of rotatable bonds is 5. The summed E-state index contributed by atoms with van der Waals surface area (Å²) in [7, 11) is 0. The number of thioether (sulfide) groups is 1. The minimum Gasteiger partial charge on any atom is -0.468 e. The van der Waals surface area contributed by atoms with E-state index < -0.39 is 0 Å². The van der Waals surface area contributed by atoms with E-state index in [-0.39, 0.29) is 6.04 Å². The first-order valence-electron chi connectivity index (χ1n) is 4.99. The number of furan rings is 1. The zero-order valence-corrected chi connectivity index (χ0v) is 9.93. The normalized spacial score (nSPS) is 15.4. The van der Waals surface area contributed by atoms with Crippen molar-refractivity contribution in [1.29, 1.82) is 0 Å². The molecule has 0 amide bonds. The fourth-order valence-electron chi connectivity index (χ4n) is 1.36. The van der Waals surface area contributed by atoms with Crippen molar-refractivity contribution in [2.45, 2.75) is 44.2 Å². The van der Waals surface area contributed by atoms with Gasteiger partial charge in [-0.25, -0.2) is 0 Å². The van der Waals surface area contributed by atoms with E-state index in [1.54, 1.807) is 6.26 Å². The quantitative estimate of drug-likeness (QED) is 0.817. The van der Waals surface area contributed by atoms with Crippen LogP contribution in [0, 0.1) is 6.92 Å². The minimum absolute atomic E-state index is 0.287. The number of aryl methyl sites for hydroxylation is 1. The lowest BCUT2D eigenvalue weighted by atomic mass is 10.2. The Hall–Kier alpha value is -0.410. The van der Waals surface area contributed by atoms with Crippen LogP contribution in [0.15, 0.2) is 16.7 Å². The SMILES string of the molecule is Cc1ccoc1CSC(C)CC(C)N. The molecule has 0 bridgehead atoms. The summed E-state index contributed by atoms with van der Waals surface area (Å²) in [6.07, 6.45) is 2.81. The summed E-state index contributed by atoms with van der Waals surface area (Å²) in [6.45, 7) is 6.34. The first-order valence-corrected chi connectivity index (χ1v) is 6.04. The molecule has 1 aromatic heterocycles.